The first-order valence-electron chi connectivity index (χ1n) is 9.12. The van der Waals surface area contributed by atoms with Crippen LogP contribution in [0.1, 0.15) is 36.2 Å². The first-order chi connectivity index (χ1) is 13.3. The standard InChI is InChI=1S/C20H23N3O4S/c1-3-28(26,27)23-12-4-5-15-13-16(6-11-19(15)23)20(25)22-18-9-7-17(8-10-18)21-14(2)24/h6-11,13H,3-5,12H2,1-2H3,(H,21,24)(H,22,25). The van der Waals surface area contributed by atoms with Crippen LogP contribution in [0.4, 0.5) is 17.1 Å². The molecule has 0 aliphatic carbocycles. The van der Waals surface area contributed by atoms with E-state index in [0.29, 0.717) is 29.2 Å². The maximum atomic E-state index is 12.6. The van der Waals surface area contributed by atoms with Crippen molar-refractivity contribution in [1.82, 2.24) is 0 Å². The van der Waals surface area contributed by atoms with E-state index in [2.05, 4.69) is 10.6 Å². The second-order valence-electron chi connectivity index (χ2n) is 6.63. The lowest BCUT2D eigenvalue weighted by Gasteiger charge is -2.30. The van der Waals surface area contributed by atoms with Gasteiger partial charge in [-0.1, -0.05) is 0 Å². The lowest BCUT2D eigenvalue weighted by Crippen LogP contribution is -2.36. The Bertz CT molecular complexity index is 1000. The minimum absolute atomic E-state index is 0.0448. The molecule has 7 nitrogen and oxygen atoms in total. The smallest absolute Gasteiger partial charge is 0.255 e. The van der Waals surface area contributed by atoms with Gasteiger partial charge in [0.05, 0.1) is 11.4 Å². The average molecular weight is 401 g/mol. The minimum Gasteiger partial charge on any atom is -0.326 e. The monoisotopic (exact) mass is 401 g/mol. The van der Waals surface area contributed by atoms with Crippen LogP contribution >= 0.6 is 0 Å². The number of sulfonamides is 1. The summed E-state index contributed by atoms with van der Waals surface area (Å²) in [7, 11) is -3.33. The van der Waals surface area contributed by atoms with Crippen molar-refractivity contribution >= 4 is 38.9 Å². The molecule has 1 aliphatic rings. The van der Waals surface area contributed by atoms with Gasteiger partial charge in [-0.3, -0.25) is 13.9 Å². The number of amides is 2. The Morgan fingerprint density at radius 1 is 1.04 bits per heavy atom. The highest BCUT2D eigenvalue weighted by atomic mass is 32.2. The van der Waals surface area contributed by atoms with Crippen LogP contribution in [0.25, 0.3) is 0 Å². The van der Waals surface area contributed by atoms with Crippen LogP contribution in [0.5, 0.6) is 0 Å². The van der Waals surface area contributed by atoms with Gasteiger partial charge in [0.2, 0.25) is 15.9 Å². The first-order valence-corrected chi connectivity index (χ1v) is 10.7. The number of anilines is 3. The molecular weight excluding hydrogens is 378 g/mol. The van der Waals surface area contributed by atoms with Crippen molar-refractivity contribution in [2.45, 2.75) is 26.7 Å². The summed E-state index contributed by atoms with van der Waals surface area (Å²) in [6, 6.07) is 11.9. The highest BCUT2D eigenvalue weighted by Crippen LogP contribution is 2.30. The minimum atomic E-state index is -3.33. The predicted octanol–water partition coefficient (Wildman–Crippen LogP) is 3.00. The molecule has 2 aromatic carbocycles. The zero-order valence-corrected chi connectivity index (χ0v) is 16.7. The average Bonchev–Trinajstić information content (AvgIpc) is 2.68. The number of nitrogens with zero attached hydrogens (tertiary/aromatic N) is 1. The van der Waals surface area contributed by atoms with E-state index in [0.717, 1.165) is 18.4 Å². The molecule has 0 spiro atoms. The maximum Gasteiger partial charge on any atom is 0.255 e. The molecule has 1 aliphatic heterocycles. The largest absolute Gasteiger partial charge is 0.326 e. The van der Waals surface area contributed by atoms with Crippen molar-refractivity contribution in [2.24, 2.45) is 0 Å². The van der Waals surface area contributed by atoms with Gasteiger partial charge in [-0.15, -0.1) is 0 Å². The van der Waals surface area contributed by atoms with Crippen molar-refractivity contribution in [1.29, 1.82) is 0 Å². The molecule has 28 heavy (non-hydrogen) atoms. The molecule has 0 saturated heterocycles. The Balaban J connectivity index is 1.77. The molecule has 2 N–H and O–H groups in total. The number of hydrogen-bond donors (Lipinski definition) is 2. The fraction of sp³-hybridized carbons (Fsp3) is 0.300. The molecule has 0 radical (unpaired) electrons. The summed E-state index contributed by atoms with van der Waals surface area (Å²) >= 11 is 0. The number of fused-ring (bicyclic) bond motifs is 1. The van der Waals surface area contributed by atoms with Crippen LogP contribution in [0.3, 0.4) is 0 Å². The first kappa shape index (κ1) is 19.9. The second-order valence-corrected chi connectivity index (χ2v) is 8.81. The van der Waals surface area contributed by atoms with Crippen molar-refractivity contribution in [2.75, 3.05) is 27.2 Å². The fourth-order valence-corrected chi connectivity index (χ4v) is 4.39. The Hall–Kier alpha value is -2.87. The lowest BCUT2D eigenvalue weighted by molar-refractivity contribution is -0.114. The van der Waals surface area contributed by atoms with Gasteiger partial charge in [0.25, 0.3) is 5.91 Å². The summed E-state index contributed by atoms with van der Waals surface area (Å²) in [6.45, 7) is 3.52. The fourth-order valence-electron chi connectivity index (χ4n) is 3.19. The molecular formula is C20H23N3O4S. The number of nitrogens with one attached hydrogen (secondary N) is 2. The third-order valence-electron chi connectivity index (χ3n) is 4.58. The van der Waals surface area contributed by atoms with E-state index in [9.17, 15) is 18.0 Å². The quantitative estimate of drug-likeness (QED) is 0.805. The van der Waals surface area contributed by atoms with Gasteiger partial charge in [0.15, 0.2) is 0 Å². The number of hydrogen-bond acceptors (Lipinski definition) is 4. The maximum absolute atomic E-state index is 12.6. The Kier molecular flexibility index (Phi) is 5.69. The topological polar surface area (TPSA) is 95.6 Å². The third-order valence-corrected chi connectivity index (χ3v) is 6.36. The van der Waals surface area contributed by atoms with E-state index in [1.165, 1.54) is 11.2 Å². The van der Waals surface area contributed by atoms with Crippen LogP contribution in [0.15, 0.2) is 42.5 Å². The number of carbonyl (C=O) groups is 2. The second kappa shape index (κ2) is 8.02. The van der Waals surface area contributed by atoms with Crippen molar-refractivity contribution < 1.29 is 18.0 Å². The molecule has 3 rings (SSSR count). The number of benzene rings is 2. The van der Waals surface area contributed by atoms with Crippen molar-refractivity contribution in [3.63, 3.8) is 0 Å². The number of rotatable bonds is 5. The van der Waals surface area contributed by atoms with Gasteiger partial charge in [-0.05, 0) is 67.8 Å². The highest BCUT2D eigenvalue weighted by molar-refractivity contribution is 7.92. The van der Waals surface area contributed by atoms with E-state index in [1.54, 1.807) is 49.4 Å². The molecule has 0 bridgehead atoms. The molecule has 0 fully saturated rings. The van der Waals surface area contributed by atoms with E-state index >= 15 is 0 Å². The number of aryl methyl sites for hydroxylation is 1. The highest BCUT2D eigenvalue weighted by Gasteiger charge is 2.26. The molecule has 1 heterocycles. The van der Waals surface area contributed by atoms with Crippen LogP contribution in [0, 0.1) is 0 Å². The summed E-state index contributed by atoms with van der Waals surface area (Å²) in [5.74, 6) is -0.390. The summed E-state index contributed by atoms with van der Waals surface area (Å²) in [4.78, 5) is 23.6. The zero-order valence-electron chi connectivity index (χ0n) is 15.9. The molecule has 2 aromatic rings. The van der Waals surface area contributed by atoms with Gasteiger partial charge >= 0.3 is 0 Å². The molecule has 0 atom stereocenters. The summed E-state index contributed by atoms with van der Waals surface area (Å²) in [6.07, 6.45) is 1.46. The van der Waals surface area contributed by atoms with Crippen LogP contribution in [-0.2, 0) is 21.2 Å². The SMILES string of the molecule is CCS(=O)(=O)N1CCCc2cc(C(=O)Nc3ccc(NC(C)=O)cc3)ccc21. The van der Waals surface area contributed by atoms with E-state index in [4.69, 9.17) is 0 Å². The molecule has 2 amide bonds. The summed E-state index contributed by atoms with van der Waals surface area (Å²) < 4.78 is 26.0. The van der Waals surface area contributed by atoms with Crippen LogP contribution in [-0.4, -0.2) is 32.5 Å². The van der Waals surface area contributed by atoms with Crippen molar-refractivity contribution in [3.05, 3.63) is 53.6 Å². The predicted molar refractivity (Wildman–Crippen MR) is 110 cm³/mol. The van der Waals surface area contributed by atoms with Crippen molar-refractivity contribution in [3.8, 4) is 0 Å². The van der Waals surface area contributed by atoms with Gasteiger partial charge in [-0.2, -0.15) is 0 Å². The number of carbonyl (C=O) groups excluding carboxylic acids is 2. The lowest BCUT2D eigenvalue weighted by atomic mass is 10.0. The Labute approximate surface area is 164 Å². The van der Waals surface area contributed by atoms with Crippen LogP contribution in [0.2, 0.25) is 0 Å². The molecule has 0 aromatic heterocycles. The Morgan fingerprint density at radius 2 is 1.68 bits per heavy atom. The molecule has 0 saturated carbocycles. The summed E-state index contributed by atoms with van der Waals surface area (Å²) in [5.41, 5.74) is 3.24. The van der Waals surface area contributed by atoms with Gasteiger partial charge in [0.1, 0.15) is 0 Å². The van der Waals surface area contributed by atoms with Gasteiger partial charge in [-0.25, -0.2) is 8.42 Å². The van der Waals surface area contributed by atoms with Gasteiger partial charge < -0.3 is 10.6 Å². The Morgan fingerprint density at radius 3 is 2.29 bits per heavy atom. The molecule has 0 unspecified atom stereocenters. The van der Waals surface area contributed by atoms with E-state index < -0.39 is 10.0 Å². The zero-order chi connectivity index (χ0) is 20.3. The third kappa shape index (κ3) is 4.33. The molecule has 8 heteroatoms. The molecule has 148 valence electrons. The normalized spacial score (nSPS) is 13.6. The summed E-state index contributed by atoms with van der Waals surface area (Å²) in [5, 5.41) is 5.48. The van der Waals surface area contributed by atoms with E-state index in [1.807, 2.05) is 0 Å². The van der Waals surface area contributed by atoms with Crippen LogP contribution < -0.4 is 14.9 Å². The van der Waals surface area contributed by atoms with Gasteiger partial charge in [0, 0.05) is 30.4 Å². The van der Waals surface area contributed by atoms with E-state index in [-0.39, 0.29) is 17.6 Å².